The number of ether oxygens (including phenoxy) is 1. The maximum atomic E-state index is 13.0. The molecule has 0 radical (unpaired) electrons. The van der Waals surface area contributed by atoms with Crippen molar-refractivity contribution in [3.63, 3.8) is 0 Å². The Labute approximate surface area is 333 Å². The molecule has 0 spiro atoms. The zero-order valence-corrected chi connectivity index (χ0v) is 32.1. The fourth-order valence-corrected chi connectivity index (χ4v) is 8.28. The number of nitrogens with zero attached hydrogens (tertiary/aromatic N) is 6. The van der Waals surface area contributed by atoms with Crippen LogP contribution in [0, 0.1) is 18.8 Å². The lowest BCUT2D eigenvalue weighted by Crippen LogP contribution is -2.39. The van der Waals surface area contributed by atoms with E-state index in [9.17, 15) is 19.2 Å². The molecule has 292 valence electrons. The van der Waals surface area contributed by atoms with E-state index < -0.39 is 11.8 Å². The highest BCUT2D eigenvalue weighted by Crippen LogP contribution is 2.40. The molecule has 1 atom stereocenters. The second kappa shape index (κ2) is 15.3. The molecule has 58 heavy (non-hydrogen) atoms. The normalized spacial score (nSPS) is 17.1. The van der Waals surface area contributed by atoms with Crippen molar-refractivity contribution in [2.45, 2.75) is 57.3 Å². The lowest BCUT2D eigenvalue weighted by Gasteiger charge is -2.33. The van der Waals surface area contributed by atoms with Crippen LogP contribution in [0.5, 0.6) is 0 Å². The molecule has 0 aliphatic carbocycles. The number of fused-ring (bicyclic) bond motifs is 3. The first-order valence-corrected chi connectivity index (χ1v) is 19.5. The largest absolute Gasteiger partial charge is 0.448 e. The molecule has 3 amide bonds. The van der Waals surface area contributed by atoms with Gasteiger partial charge in [0.05, 0.1) is 53.6 Å². The summed E-state index contributed by atoms with van der Waals surface area (Å²) in [5, 5.41) is 6.91. The van der Waals surface area contributed by atoms with Gasteiger partial charge in [0.25, 0.3) is 11.5 Å². The third-order valence-corrected chi connectivity index (χ3v) is 11.3. The topological polar surface area (TPSA) is 174 Å². The molecule has 3 aliphatic heterocycles. The minimum Gasteiger partial charge on any atom is -0.448 e. The fourth-order valence-electron chi connectivity index (χ4n) is 8.28. The van der Waals surface area contributed by atoms with E-state index in [0.717, 1.165) is 84.4 Å². The van der Waals surface area contributed by atoms with E-state index in [1.807, 2.05) is 38.4 Å². The van der Waals surface area contributed by atoms with Crippen LogP contribution in [0.4, 0.5) is 11.4 Å². The number of aryl methyl sites for hydroxylation is 3. The quantitative estimate of drug-likeness (QED) is 0.170. The predicted molar refractivity (Wildman–Crippen MR) is 216 cm³/mol. The monoisotopic (exact) mass is 776 g/mol. The summed E-state index contributed by atoms with van der Waals surface area (Å²) in [6.45, 7) is 4.12. The highest BCUT2D eigenvalue weighted by molar-refractivity contribution is 6.03. The lowest BCUT2D eigenvalue weighted by molar-refractivity contribution is -0.134. The van der Waals surface area contributed by atoms with Gasteiger partial charge in [-0.2, -0.15) is 0 Å². The summed E-state index contributed by atoms with van der Waals surface area (Å²) in [7, 11) is 1.84. The van der Waals surface area contributed by atoms with Crippen LogP contribution in [0.3, 0.4) is 0 Å². The van der Waals surface area contributed by atoms with Crippen molar-refractivity contribution in [3.05, 3.63) is 105 Å². The molecule has 2 fully saturated rings. The molecule has 2 N–H and O–H groups in total. The number of nitrogens with one attached hydrogen (secondary N) is 2. The van der Waals surface area contributed by atoms with E-state index in [4.69, 9.17) is 19.1 Å². The summed E-state index contributed by atoms with van der Waals surface area (Å²) < 4.78 is 13.3. The highest BCUT2D eigenvalue weighted by Gasteiger charge is 2.30. The number of amides is 3. The van der Waals surface area contributed by atoms with Gasteiger partial charge in [-0.25, -0.2) is 19.9 Å². The van der Waals surface area contributed by atoms with Gasteiger partial charge in [-0.1, -0.05) is 18.1 Å². The van der Waals surface area contributed by atoms with Crippen molar-refractivity contribution in [1.29, 1.82) is 0 Å². The molecule has 9 rings (SSSR count). The Morgan fingerprint density at radius 3 is 2.64 bits per heavy atom. The van der Waals surface area contributed by atoms with Crippen LogP contribution in [-0.2, 0) is 27.8 Å². The minimum atomic E-state index is -0.448. The number of hydrogen-bond donors (Lipinski definition) is 2. The number of carbonyl (C=O) groups excluding carboxylic acids is 3. The Bertz CT molecular complexity index is 2760. The molecule has 7 heterocycles. The molecule has 14 heteroatoms. The van der Waals surface area contributed by atoms with E-state index in [0.29, 0.717) is 40.8 Å². The Hall–Kier alpha value is -6.72. The summed E-state index contributed by atoms with van der Waals surface area (Å²) >= 11 is 0. The van der Waals surface area contributed by atoms with Gasteiger partial charge in [0.2, 0.25) is 11.8 Å². The van der Waals surface area contributed by atoms with Crippen molar-refractivity contribution in [2.75, 3.05) is 31.2 Å². The first kappa shape index (κ1) is 36.9. The number of anilines is 2. The molecular formula is C44H40N8O6. The third-order valence-electron chi connectivity index (χ3n) is 11.3. The van der Waals surface area contributed by atoms with Crippen molar-refractivity contribution in [2.24, 2.45) is 7.05 Å². The number of pyridine rings is 1. The number of rotatable bonds is 6. The van der Waals surface area contributed by atoms with E-state index in [-0.39, 0.29) is 36.0 Å². The smallest absolute Gasteiger partial charge is 0.272 e. The summed E-state index contributed by atoms with van der Waals surface area (Å²) in [5.41, 5.74) is 7.55. The molecule has 4 aromatic heterocycles. The van der Waals surface area contributed by atoms with Gasteiger partial charge in [0.15, 0.2) is 11.6 Å². The van der Waals surface area contributed by atoms with Gasteiger partial charge in [0, 0.05) is 55.6 Å². The van der Waals surface area contributed by atoms with E-state index >= 15 is 0 Å². The van der Waals surface area contributed by atoms with E-state index in [1.165, 1.54) is 18.0 Å². The van der Waals surface area contributed by atoms with Gasteiger partial charge in [-0.05, 0) is 86.3 Å². The highest BCUT2D eigenvalue weighted by atomic mass is 16.5. The average Bonchev–Trinajstić information content (AvgIpc) is 3.68. The summed E-state index contributed by atoms with van der Waals surface area (Å²) in [6, 6.07) is 13.7. The molecule has 14 nitrogen and oxygen atoms in total. The van der Waals surface area contributed by atoms with Gasteiger partial charge >= 0.3 is 0 Å². The second-order valence-corrected chi connectivity index (χ2v) is 15.0. The maximum Gasteiger partial charge on any atom is 0.272 e. The molecular weight excluding hydrogens is 737 g/mol. The number of benzene rings is 2. The molecule has 2 saturated heterocycles. The number of aromatic nitrogens is 5. The third kappa shape index (κ3) is 6.98. The molecule has 6 aromatic rings. The lowest BCUT2D eigenvalue weighted by atomic mass is 9.88. The molecule has 2 aromatic carbocycles. The van der Waals surface area contributed by atoms with Crippen LogP contribution < -0.4 is 21.1 Å². The van der Waals surface area contributed by atoms with Crippen LogP contribution in [0.1, 0.15) is 82.6 Å². The number of imide groups is 1. The number of carbonyl (C=O) groups is 3. The maximum absolute atomic E-state index is 13.0. The summed E-state index contributed by atoms with van der Waals surface area (Å²) in [4.78, 5) is 70.8. The zero-order valence-electron chi connectivity index (χ0n) is 32.1. The van der Waals surface area contributed by atoms with Crippen molar-refractivity contribution >= 4 is 51.0 Å². The SMILES string of the molecule is Cc1cc2c(N3CCCc4nc(-c5cnc(C(=O)NCC#Cc6cc7c(C8CCC(=O)NC8=O)cccc7o6)cn5)ncc43)cc(C3CCOCC3)cc2n(C)c1=O. The Kier molecular flexibility index (Phi) is 9.74. The Morgan fingerprint density at radius 1 is 0.966 bits per heavy atom. The van der Waals surface area contributed by atoms with Crippen molar-refractivity contribution in [1.82, 2.24) is 35.1 Å². The average molecular weight is 777 g/mol. The second-order valence-electron chi connectivity index (χ2n) is 15.0. The van der Waals surface area contributed by atoms with Crippen LogP contribution >= 0.6 is 0 Å². The first-order valence-electron chi connectivity index (χ1n) is 19.5. The van der Waals surface area contributed by atoms with Gasteiger partial charge in [0.1, 0.15) is 17.0 Å². The zero-order chi connectivity index (χ0) is 39.9. The van der Waals surface area contributed by atoms with Crippen LogP contribution in [-0.4, -0.2) is 68.5 Å². The van der Waals surface area contributed by atoms with Gasteiger partial charge in [-0.15, -0.1) is 0 Å². The van der Waals surface area contributed by atoms with Crippen LogP contribution in [0.2, 0.25) is 0 Å². The molecule has 3 aliphatic rings. The van der Waals surface area contributed by atoms with Crippen molar-refractivity contribution < 1.29 is 23.5 Å². The molecule has 1 unspecified atom stereocenters. The Morgan fingerprint density at radius 2 is 1.83 bits per heavy atom. The molecule has 0 bridgehead atoms. The van der Waals surface area contributed by atoms with Gasteiger partial charge in [-0.3, -0.25) is 24.5 Å². The fraction of sp³-hybridized carbons (Fsp3) is 0.318. The standard InChI is InChI=1S/C44H40N8O6/c1-25-18-32-36(51(2)44(25)56)19-27(26-12-16-57-17-13-26)20-37(32)52-15-5-8-33-38(52)24-48-41(49-33)34-22-47-35(23-46-34)43(55)45-14-4-6-28-21-31-29(7-3-9-39(31)58-28)30-10-11-40(53)50-42(30)54/h3,7,9,18-24,26,30H,5,8,10-17H2,1-2H3,(H,45,55)(H,50,53,54). The van der Waals surface area contributed by atoms with E-state index in [2.05, 4.69) is 49.5 Å². The number of piperidine rings is 1. The number of furan rings is 1. The van der Waals surface area contributed by atoms with Crippen LogP contribution in [0.15, 0.2) is 70.3 Å². The van der Waals surface area contributed by atoms with Crippen LogP contribution in [0.25, 0.3) is 33.4 Å². The van der Waals surface area contributed by atoms with Crippen molar-refractivity contribution in [3.8, 4) is 23.4 Å². The first-order chi connectivity index (χ1) is 28.2. The predicted octanol–water partition coefficient (Wildman–Crippen LogP) is 5.12. The Balaban J connectivity index is 0.901. The summed E-state index contributed by atoms with van der Waals surface area (Å²) in [6.07, 6.45) is 8.94. The minimum absolute atomic E-state index is 0.00326. The van der Waals surface area contributed by atoms with E-state index in [1.54, 1.807) is 16.7 Å². The molecule has 0 saturated carbocycles. The summed E-state index contributed by atoms with van der Waals surface area (Å²) in [5.74, 6) is 5.51. The van der Waals surface area contributed by atoms with Gasteiger partial charge < -0.3 is 23.9 Å². The number of hydrogen-bond acceptors (Lipinski definition) is 11.